The Kier molecular flexibility index (Phi) is 7.63. The van der Waals surface area contributed by atoms with Crippen LogP contribution in [0.1, 0.15) is 42.1 Å². The summed E-state index contributed by atoms with van der Waals surface area (Å²) in [5.74, 6) is -2.53. The van der Waals surface area contributed by atoms with Crippen molar-refractivity contribution >= 4 is 57.6 Å². The summed E-state index contributed by atoms with van der Waals surface area (Å²) in [5, 5.41) is 9.82. The van der Waals surface area contributed by atoms with Gasteiger partial charge in [0.25, 0.3) is 0 Å². The van der Waals surface area contributed by atoms with E-state index >= 15 is 8.78 Å². The number of carboxylic acids is 1. The number of piperazine rings is 1. The Morgan fingerprint density at radius 1 is 1.12 bits per heavy atom. The maximum atomic E-state index is 15.3. The number of halogens is 2. The van der Waals surface area contributed by atoms with E-state index in [2.05, 4.69) is 4.98 Å². The molecule has 0 radical (unpaired) electrons. The first kappa shape index (κ1) is 28.8. The second kappa shape index (κ2) is 11.4. The molecule has 6 rings (SSSR count). The molecule has 14 heteroatoms. The molecule has 0 bridgehead atoms. The van der Waals surface area contributed by atoms with E-state index in [0.29, 0.717) is 55.4 Å². The van der Waals surface area contributed by atoms with Gasteiger partial charge < -0.3 is 28.9 Å². The minimum Gasteiger partial charge on any atom is -0.490 e. The lowest BCUT2D eigenvalue weighted by atomic mass is 10.1. The van der Waals surface area contributed by atoms with Crippen LogP contribution in [0, 0.1) is 11.6 Å². The maximum Gasteiger partial charge on any atom is 0.414 e. The van der Waals surface area contributed by atoms with Gasteiger partial charge in [0.05, 0.1) is 30.4 Å². The highest BCUT2D eigenvalue weighted by molar-refractivity contribution is 7.80. The predicted molar refractivity (Wildman–Crippen MR) is 158 cm³/mol. The monoisotopic (exact) mass is 613 g/mol. The van der Waals surface area contributed by atoms with Gasteiger partial charge >= 0.3 is 12.1 Å². The highest BCUT2D eigenvalue weighted by Gasteiger charge is 2.33. The average Bonchev–Trinajstić information content (AvgIpc) is 3.77. The van der Waals surface area contributed by atoms with Crippen LogP contribution >= 0.6 is 12.2 Å². The predicted octanol–water partition coefficient (Wildman–Crippen LogP) is 4.11. The number of ether oxygens (including phenoxy) is 2. The van der Waals surface area contributed by atoms with E-state index in [4.69, 9.17) is 21.7 Å². The number of pyridine rings is 2. The van der Waals surface area contributed by atoms with Crippen molar-refractivity contribution in [3.8, 4) is 0 Å². The van der Waals surface area contributed by atoms with Gasteiger partial charge in [0, 0.05) is 44.8 Å². The Morgan fingerprint density at radius 3 is 2.49 bits per heavy atom. The molecule has 2 aliphatic heterocycles. The van der Waals surface area contributed by atoms with Gasteiger partial charge in [-0.25, -0.2) is 23.4 Å². The smallest absolute Gasteiger partial charge is 0.414 e. The summed E-state index contributed by atoms with van der Waals surface area (Å²) < 4.78 is 42.6. The third-order valence-corrected chi connectivity index (χ3v) is 8.42. The summed E-state index contributed by atoms with van der Waals surface area (Å²) >= 11 is 5.04. The van der Waals surface area contributed by atoms with Gasteiger partial charge in [-0.2, -0.15) is 0 Å². The molecule has 3 aromatic rings. The van der Waals surface area contributed by atoms with Crippen molar-refractivity contribution in [2.75, 3.05) is 54.5 Å². The summed E-state index contributed by atoms with van der Waals surface area (Å²) in [7, 11) is 1.49. The summed E-state index contributed by atoms with van der Waals surface area (Å²) in [4.78, 5) is 46.2. The van der Waals surface area contributed by atoms with Gasteiger partial charge in [-0.3, -0.25) is 9.69 Å². The van der Waals surface area contributed by atoms with Gasteiger partial charge in [0.2, 0.25) is 5.43 Å². The summed E-state index contributed by atoms with van der Waals surface area (Å²) in [6, 6.07) is 5.66. The number of carbonyl (C=O) groups excluding carboxylic acids is 1. The van der Waals surface area contributed by atoms with E-state index in [1.54, 1.807) is 21.6 Å². The minimum atomic E-state index is -1.37. The molecule has 11 nitrogen and oxygen atoms in total. The number of aromatic nitrogens is 2. The zero-order valence-electron chi connectivity index (χ0n) is 23.3. The topological polar surface area (TPSA) is 117 Å². The van der Waals surface area contributed by atoms with Crippen LogP contribution in [0.15, 0.2) is 35.3 Å². The minimum absolute atomic E-state index is 0.0111. The molecule has 2 saturated heterocycles. The number of thiocarbonyl (C=S) groups is 1. The normalized spacial score (nSPS) is 18.7. The van der Waals surface area contributed by atoms with Crippen LogP contribution in [0.3, 0.4) is 0 Å². The van der Waals surface area contributed by atoms with Crippen LogP contribution in [0.2, 0.25) is 0 Å². The number of cyclic esters (lactones) is 1. The molecule has 0 unspecified atom stereocenters. The quantitative estimate of drug-likeness (QED) is 0.372. The molecule has 0 spiro atoms. The van der Waals surface area contributed by atoms with Crippen molar-refractivity contribution in [1.82, 2.24) is 9.55 Å². The van der Waals surface area contributed by atoms with E-state index in [-0.39, 0.29) is 35.5 Å². The Morgan fingerprint density at radius 2 is 1.84 bits per heavy atom. The van der Waals surface area contributed by atoms with Crippen molar-refractivity contribution in [2.45, 2.75) is 37.8 Å². The number of rotatable bonds is 8. The van der Waals surface area contributed by atoms with E-state index in [0.717, 1.165) is 18.9 Å². The highest BCUT2D eigenvalue weighted by atomic mass is 32.1. The number of carbonyl (C=O) groups is 2. The number of nitrogens with zero attached hydrogens (tertiary/aromatic N) is 5. The zero-order chi connectivity index (χ0) is 30.4. The molecular weight excluding hydrogens is 584 g/mol. The van der Waals surface area contributed by atoms with E-state index in [1.807, 2.05) is 4.90 Å². The molecule has 1 N–H and O–H groups in total. The van der Waals surface area contributed by atoms with Crippen LogP contribution in [-0.4, -0.2) is 77.7 Å². The lowest BCUT2D eigenvalue weighted by molar-refractivity contribution is 0.0694. The number of hydrogen-bond acceptors (Lipinski definition) is 9. The number of methoxy groups -OCH3 is 1. The molecular formula is C29H29F2N5O6S. The molecule has 1 aromatic carbocycles. The lowest BCUT2D eigenvalue weighted by Crippen LogP contribution is -2.47. The van der Waals surface area contributed by atoms with Gasteiger partial charge in [0.15, 0.2) is 16.7 Å². The van der Waals surface area contributed by atoms with E-state index < -0.39 is 34.7 Å². The Hall–Kier alpha value is -4.33. The molecule has 3 fully saturated rings. The Bertz CT molecular complexity index is 1690. The van der Waals surface area contributed by atoms with Crippen LogP contribution in [0.4, 0.5) is 30.8 Å². The number of anilines is 3. The molecule has 1 amide bonds. The van der Waals surface area contributed by atoms with Crippen molar-refractivity contribution in [2.24, 2.45) is 0 Å². The third kappa shape index (κ3) is 5.58. The average molecular weight is 614 g/mol. The first-order valence-corrected chi connectivity index (χ1v) is 14.4. The molecule has 3 aliphatic rings. The van der Waals surface area contributed by atoms with Crippen molar-refractivity contribution in [1.29, 1.82) is 0 Å². The largest absolute Gasteiger partial charge is 0.490 e. The molecule has 2 aromatic heterocycles. The first-order valence-electron chi connectivity index (χ1n) is 14.0. The van der Waals surface area contributed by atoms with Gasteiger partial charge in [-0.15, -0.1) is 0 Å². The second-order valence-electron chi connectivity index (χ2n) is 10.8. The number of fused-ring (bicyclic) bond motifs is 1. The van der Waals surface area contributed by atoms with Crippen molar-refractivity contribution in [3.05, 3.63) is 57.9 Å². The Labute approximate surface area is 250 Å². The standard InChI is InChI=1S/C29H29F2N5O6S/c1-41-24(43)7-5-18-14-36(29(40)42-18)17-4-6-23(21(30)12-17)33-8-10-34(11-9-33)27-22(31)13-19-25(37)20(28(38)39)15-35(16-2-3-16)26(19)32-27/h4,6,12-13,15-16,18H,2-3,5,7-11,14H2,1H3,(H,38,39)/t18-/m0/s1. The zero-order valence-corrected chi connectivity index (χ0v) is 24.1. The number of aromatic carboxylic acids is 1. The maximum absolute atomic E-state index is 15.3. The third-order valence-electron chi connectivity index (χ3n) is 8.05. The number of hydrogen-bond donors (Lipinski definition) is 1. The summed E-state index contributed by atoms with van der Waals surface area (Å²) in [6.45, 7) is 1.69. The van der Waals surface area contributed by atoms with Crippen LogP contribution < -0.4 is 20.1 Å². The molecule has 43 heavy (non-hydrogen) atoms. The number of carboxylic acid groups (broad SMARTS) is 1. The van der Waals surface area contributed by atoms with Gasteiger partial charge in [-0.1, -0.05) is 0 Å². The van der Waals surface area contributed by atoms with Crippen molar-refractivity contribution in [3.63, 3.8) is 0 Å². The first-order chi connectivity index (χ1) is 20.6. The van der Waals surface area contributed by atoms with Crippen LogP contribution in [0.25, 0.3) is 11.0 Å². The fourth-order valence-electron chi connectivity index (χ4n) is 5.59. The molecule has 226 valence electrons. The van der Waals surface area contributed by atoms with Crippen LogP contribution in [-0.2, 0) is 9.47 Å². The fraction of sp³-hybridized carbons (Fsp3) is 0.414. The molecule has 4 heterocycles. The second-order valence-corrected chi connectivity index (χ2v) is 11.3. The van der Waals surface area contributed by atoms with E-state index in [1.165, 1.54) is 24.3 Å². The number of amides is 1. The lowest BCUT2D eigenvalue weighted by Gasteiger charge is -2.37. The SMILES string of the molecule is COC(=S)CC[C@H]1CN(c2ccc(N3CCN(c4nc5c(cc4F)c(=O)c(C(=O)O)cn5C4CC4)CC3)c(F)c2)C(=O)O1. The van der Waals surface area contributed by atoms with Gasteiger partial charge in [-0.05, 0) is 55.7 Å². The fourth-order valence-corrected chi connectivity index (χ4v) is 5.70. The molecule has 1 saturated carbocycles. The highest BCUT2D eigenvalue weighted by Crippen LogP contribution is 2.37. The number of benzene rings is 1. The van der Waals surface area contributed by atoms with E-state index in [9.17, 15) is 19.5 Å². The van der Waals surface area contributed by atoms with Crippen molar-refractivity contribution < 1.29 is 33.0 Å². The van der Waals surface area contributed by atoms with Gasteiger partial charge in [0.1, 0.15) is 23.1 Å². The molecule has 1 atom stereocenters. The van der Waals surface area contributed by atoms with Crippen LogP contribution in [0.5, 0.6) is 0 Å². The summed E-state index contributed by atoms with van der Waals surface area (Å²) in [5.41, 5.74) is -0.190. The summed E-state index contributed by atoms with van der Waals surface area (Å²) in [6.07, 6.45) is 2.98. The Balaban J connectivity index is 1.16. The molecule has 1 aliphatic carbocycles.